The van der Waals surface area contributed by atoms with Gasteiger partial charge in [-0.25, -0.2) is 4.68 Å². The third-order valence-electron chi connectivity index (χ3n) is 4.43. The standard InChI is InChI=1S/C22H22ClN3O2/c1-16(11-12-17-7-3-2-4-8-17)24-21(27)15-26-22(28)14-13-20(25-26)18-9-5-6-10-19(18)23/h2-10,13-14,16H,11-12,15H2,1H3,(H,24,27)/t16-/m0/s1. The number of aryl methyl sites for hydroxylation is 1. The monoisotopic (exact) mass is 395 g/mol. The lowest BCUT2D eigenvalue weighted by Crippen LogP contribution is -2.38. The van der Waals surface area contributed by atoms with E-state index in [-0.39, 0.29) is 24.1 Å². The van der Waals surface area contributed by atoms with Crippen molar-refractivity contribution in [3.63, 3.8) is 0 Å². The zero-order chi connectivity index (χ0) is 19.9. The summed E-state index contributed by atoms with van der Waals surface area (Å²) in [6.45, 7) is 1.82. The third kappa shape index (κ3) is 5.30. The molecule has 0 saturated carbocycles. The van der Waals surface area contributed by atoms with E-state index in [9.17, 15) is 9.59 Å². The highest BCUT2D eigenvalue weighted by molar-refractivity contribution is 6.33. The highest BCUT2D eigenvalue weighted by atomic mass is 35.5. The summed E-state index contributed by atoms with van der Waals surface area (Å²) in [7, 11) is 0. The van der Waals surface area contributed by atoms with Gasteiger partial charge in [-0.05, 0) is 37.5 Å². The van der Waals surface area contributed by atoms with Crippen LogP contribution in [0.25, 0.3) is 11.3 Å². The van der Waals surface area contributed by atoms with Crippen LogP contribution in [0.3, 0.4) is 0 Å². The molecule has 5 nitrogen and oxygen atoms in total. The van der Waals surface area contributed by atoms with Gasteiger partial charge < -0.3 is 5.32 Å². The Morgan fingerprint density at radius 1 is 1.07 bits per heavy atom. The summed E-state index contributed by atoms with van der Waals surface area (Å²) < 4.78 is 1.16. The van der Waals surface area contributed by atoms with E-state index < -0.39 is 0 Å². The van der Waals surface area contributed by atoms with Crippen LogP contribution in [0.2, 0.25) is 5.02 Å². The molecule has 1 amide bonds. The van der Waals surface area contributed by atoms with Crippen molar-refractivity contribution in [3.8, 4) is 11.3 Å². The van der Waals surface area contributed by atoms with Crippen LogP contribution in [0.4, 0.5) is 0 Å². The van der Waals surface area contributed by atoms with Gasteiger partial charge in [0.05, 0.1) is 10.7 Å². The molecule has 0 radical (unpaired) electrons. The zero-order valence-corrected chi connectivity index (χ0v) is 16.4. The Kier molecular flexibility index (Phi) is 6.61. The van der Waals surface area contributed by atoms with Crippen molar-refractivity contribution >= 4 is 17.5 Å². The predicted octanol–water partition coefficient (Wildman–Crippen LogP) is 3.70. The summed E-state index contributed by atoms with van der Waals surface area (Å²) in [5.74, 6) is -0.244. The van der Waals surface area contributed by atoms with Crippen molar-refractivity contribution in [1.29, 1.82) is 0 Å². The molecule has 28 heavy (non-hydrogen) atoms. The van der Waals surface area contributed by atoms with Gasteiger partial charge in [-0.3, -0.25) is 9.59 Å². The Bertz CT molecular complexity index is 1000. The molecule has 0 spiro atoms. The van der Waals surface area contributed by atoms with Crippen molar-refractivity contribution in [1.82, 2.24) is 15.1 Å². The van der Waals surface area contributed by atoms with Gasteiger partial charge in [-0.2, -0.15) is 5.10 Å². The average molecular weight is 396 g/mol. The van der Waals surface area contributed by atoms with E-state index in [1.165, 1.54) is 11.6 Å². The fourth-order valence-corrected chi connectivity index (χ4v) is 3.16. The van der Waals surface area contributed by atoms with Gasteiger partial charge >= 0.3 is 0 Å². The molecular weight excluding hydrogens is 374 g/mol. The molecule has 6 heteroatoms. The third-order valence-corrected chi connectivity index (χ3v) is 4.76. The molecule has 1 N–H and O–H groups in total. The van der Waals surface area contributed by atoms with Crippen molar-refractivity contribution in [2.75, 3.05) is 0 Å². The van der Waals surface area contributed by atoms with Crippen molar-refractivity contribution < 1.29 is 4.79 Å². The van der Waals surface area contributed by atoms with E-state index in [0.29, 0.717) is 10.7 Å². The SMILES string of the molecule is C[C@@H](CCc1ccccc1)NC(=O)Cn1nc(-c2ccccc2Cl)ccc1=O. The number of amides is 1. The Labute approximate surface area is 169 Å². The molecule has 1 heterocycles. The molecule has 0 aliphatic rings. The molecule has 3 aromatic rings. The second kappa shape index (κ2) is 9.33. The summed E-state index contributed by atoms with van der Waals surface area (Å²) in [4.78, 5) is 24.5. The topological polar surface area (TPSA) is 64.0 Å². The van der Waals surface area contributed by atoms with E-state index in [2.05, 4.69) is 22.5 Å². The maximum Gasteiger partial charge on any atom is 0.267 e. The normalized spacial score (nSPS) is 11.8. The summed E-state index contributed by atoms with van der Waals surface area (Å²) in [5, 5.41) is 7.78. The minimum absolute atomic E-state index is 0.00448. The highest BCUT2D eigenvalue weighted by Crippen LogP contribution is 2.24. The molecule has 2 aromatic carbocycles. The number of rotatable bonds is 7. The van der Waals surface area contributed by atoms with Crippen LogP contribution in [-0.4, -0.2) is 21.7 Å². The first-order chi connectivity index (χ1) is 13.5. The molecule has 0 aliphatic heterocycles. The van der Waals surface area contributed by atoms with Crippen LogP contribution in [0.1, 0.15) is 18.9 Å². The first-order valence-corrected chi connectivity index (χ1v) is 9.57. The lowest BCUT2D eigenvalue weighted by Gasteiger charge is -2.14. The number of hydrogen-bond donors (Lipinski definition) is 1. The Morgan fingerprint density at radius 3 is 2.54 bits per heavy atom. The molecule has 0 unspecified atom stereocenters. The minimum atomic E-state index is -0.331. The minimum Gasteiger partial charge on any atom is -0.352 e. The number of carbonyl (C=O) groups is 1. The molecular formula is C22H22ClN3O2. The summed E-state index contributed by atoms with van der Waals surface area (Å²) >= 11 is 6.20. The van der Waals surface area contributed by atoms with Gasteiger partial charge in [0.25, 0.3) is 5.56 Å². The van der Waals surface area contributed by atoms with Crippen LogP contribution >= 0.6 is 11.6 Å². The maximum absolute atomic E-state index is 12.4. The zero-order valence-electron chi connectivity index (χ0n) is 15.6. The molecule has 0 bridgehead atoms. The van der Waals surface area contributed by atoms with E-state index in [1.54, 1.807) is 12.1 Å². The first kappa shape index (κ1) is 19.8. The van der Waals surface area contributed by atoms with E-state index in [1.807, 2.05) is 43.3 Å². The summed E-state index contributed by atoms with van der Waals surface area (Å²) in [5.41, 5.74) is 2.17. The fraction of sp³-hybridized carbons (Fsp3) is 0.227. The maximum atomic E-state index is 12.4. The molecule has 0 fully saturated rings. The number of benzene rings is 2. The molecule has 1 aromatic heterocycles. The van der Waals surface area contributed by atoms with Gasteiger partial charge in [0.1, 0.15) is 6.54 Å². The summed E-state index contributed by atoms with van der Waals surface area (Å²) in [6.07, 6.45) is 1.69. The highest BCUT2D eigenvalue weighted by Gasteiger charge is 2.12. The second-order valence-electron chi connectivity index (χ2n) is 6.69. The van der Waals surface area contributed by atoms with Crippen molar-refractivity contribution in [2.24, 2.45) is 0 Å². The van der Waals surface area contributed by atoms with E-state index >= 15 is 0 Å². The fourth-order valence-electron chi connectivity index (χ4n) is 2.93. The average Bonchev–Trinajstić information content (AvgIpc) is 2.69. The van der Waals surface area contributed by atoms with Gasteiger partial charge in [0, 0.05) is 17.7 Å². The van der Waals surface area contributed by atoms with Crippen LogP contribution < -0.4 is 10.9 Å². The van der Waals surface area contributed by atoms with Crippen LogP contribution in [0, 0.1) is 0 Å². The lowest BCUT2D eigenvalue weighted by atomic mass is 10.1. The van der Waals surface area contributed by atoms with E-state index in [0.717, 1.165) is 23.1 Å². The van der Waals surface area contributed by atoms with Gasteiger partial charge in [-0.1, -0.05) is 60.1 Å². The number of hydrogen-bond acceptors (Lipinski definition) is 3. The van der Waals surface area contributed by atoms with Crippen LogP contribution in [0.15, 0.2) is 71.5 Å². The molecule has 1 atom stereocenters. The van der Waals surface area contributed by atoms with Crippen molar-refractivity contribution in [3.05, 3.63) is 87.7 Å². The molecule has 144 valence electrons. The molecule has 0 saturated heterocycles. The first-order valence-electron chi connectivity index (χ1n) is 9.19. The predicted molar refractivity (Wildman–Crippen MR) is 111 cm³/mol. The van der Waals surface area contributed by atoms with Crippen LogP contribution in [-0.2, 0) is 17.8 Å². The summed E-state index contributed by atoms with van der Waals surface area (Å²) in [6, 6.07) is 20.4. The van der Waals surface area contributed by atoms with Crippen LogP contribution in [0.5, 0.6) is 0 Å². The Hall–Kier alpha value is -2.92. The number of nitrogens with zero attached hydrogens (tertiary/aromatic N) is 2. The number of halogens is 1. The number of nitrogens with one attached hydrogen (secondary N) is 1. The smallest absolute Gasteiger partial charge is 0.267 e. The second-order valence-corrected chi connectivity index (χ2v) is 7.09. The quantitative estimate of drug-likeness (QED) is 0.663. The largest absolute Gasteiger partial charge is 0.352 e. The molecule has 0 aliphatic carbocycles. The number of carbonyl (C=O) groups excluding carboxylic acids is 1. The Morgan fingerprint density at radius 2 is 1.79 bits per heavy atom. The Balaban J connectivity index is 1.63. The molecule has 3 rings (SSSR count). The van der Waals surface area contributed by atoms with Gasteiger partial charge in [-0.15, -0.1) is 0 Å². The van der Waals surface area contributed by atoms with E-state index in [4.69, 9.17) is 11.6 Å². The van der Waals surface area contributed by atoms with Gasteiger partial charge in [0.15, 0.2) is 0 Å². The van der Waals surface area contributed by atoms with Gasteiger partial charge in [0.2, 0.25) is 5.91 Å². The van der Waals surface area contributed by atoms with Crippen molar-refractivity contribution in [2.45, 2.75) is 32.4 Å². The lowest BCUT2D eigenvalue weighted by molar-refractivity contribution is -0.122. The number of aromatic nitrogens is 2.